The molecule has 0 fully saturated rings. The predicted molar refractivity (Wildman–Crippen MR) is 77.6 cm³/mol. The fraction of sp³-hybridized carbons (Fsp3) is 0.143. The van der Waals surface area contributed by atoms with Gasteiger partial charge in [-0.2, -0.15) is 0 Å². The number of fused-ring (bicyclic) bond motifs is 3. The molecule has 1 aliphatic rings. The van der Waals surface area contributed by atoms with E-state index in [-0.39, 0.29) is 5.69 Å². The van der Waals surface area contributed by atoms with Crippen molar-refractivity contribution in [2.45, 2.75) is 6.54 Å². The molecule has 0 unspecified atom stereocenters. The summed E-state index contributed by atoms with van der Waals surface area (Å²) in [6, 6.07) is 11.1. The summed E-state index contributed by atoms with van der Waals surface area (Å²) in [5, 5.41) is 10.7. The van der Waals surface area contributed by atoms with Gasteiger partial charge in [-0.1, -0.05) is 12.1 Å². The maximum atomic E-state index is 10.7. The van der Waals surface area contributed by atoms with Crippen LogP contribution < -0.4 is 4.90 Å². The quantitative estimate of drug-likeness (QED) is 0.532. The summed E-state index contributed by atoms with van der Waals surface area (Å²) < 4.78 is 2.14. The van der Waals surface area contributed by atoms with Gasteiger partial charge in [-0.15, -0.1) is 0 Å². The number of rotatable bonds is 2. The van der Waals surface area contributed by atoms with Crippen molar-refractivity contribution in [2.24, 2.45) is 0 Å². The second-order valence-electron chi connectivity index (χ2n) is 4.84. The first-order valence-electron chi connectivity index (χ1n) is 6.57. The molecule has 0 amide bonds. The molecular formula is C14H11N5O2. The van der Waals surface area contributed by atoms with E-state index in [1.165, 1.54) is 12.3 Å². The van der Waals surface area contributed by atoms with Crippen LogP contribution in [0.5, 0.6) is 0 Å². The third-order valence-electron chi connectivity index (χ3n) is 3.64. The summed E-state index contributed by atoms with van der Waals surface area (Å²) in [7, 11) is 0. The lowest BCUT2D eigenvalue weighted by molar-refractivity contribution is -0.385. The molecule has 7 heteroatoms. The molecule has 2 aromatic heterocycles. The Morgan fingerprint density at radius 3 is 2.76 bits per heavy atom. The number of hydrogen-bond acceptors (Lipinski definition) is 5. The minimum atomic E-state index is -0.448. The monoisotopic (exact) mass is 281 g/mol. The van der Waals surface area contributed by atoms with Crippen molar-refractivity contribution in [3.8, 4) is 0 Å². The van der Waals surface area contributed by atoms with Crippen molar-refractivity contribution < 1.29 is 4.92 Å². The smallest absolute Gasteiger partial charge is 0.287 e. The molecule has 1 aliphatic heterocycles. The van der Waals surface area contributed by atoms with Gasteiger partial charge in [0.25, 0.3) is 5.69 Å². The third kappa shape index (κ3) is 1.74. The lowest BCUT2D eigenvalue weighted by Crippen LogP contribution is -2.15. The van der Waals surface area contributed by atoms with Crippen molar-refractivity contribution in [1.29, 1.82) is 0 Å². The minimum absolute atomic E-state index is 0.00792. The first-order chi connectivity index (χ1) is 10.2. The zero-order chi connectivity index (χ0) is 14.4. The van der Waals surface area contributed by atoms with E-state index >= 15 is 0 Å². The molecule has 0 saturated carbocycles. The van der Waals surface area contributed by atoms with Crippen LogP contribution in [0.1, 0.15) is 0 Å². The average molecular weight is 281 g/mol. The summed E-state index contributed by atoms with van der Waals surface area (Å²) >= 11 is 0. The molecule has 3 aromatic rings. The molecule has 7 nitrogen and oxygen atoms in total. The van der Waals surface area contributed by atoms with E-state index in [4.69, 9.17) is 0 Å². The Balaban J connectivity index is 1.77. The Morgan fingerprint density at radius 1 is 1.14 bits per heavy atom. The van der Waals surface area contributed by atoms with E-state index in [9.17, 15) is 10.1 Å². The van der Waals surface area contributed by atoms with E-state index in [1.54, 1.807) is 6.07 Å². The van der Waals surface area contributed by atoms with Gasteiger partial charge in [-0.25, -0.2) is 9.97 Å². The molecule has 0 aliphatic carbocycles. The maximum Gasteiger partial charge on any atom is 0.287 e. The highest BCUT2D eigenvalue weighted by atomic mass is 16.6. The lowest BCUT2D eigenvalue weighted by Gasteiger charge is -2.13. The predicted octanol–water partition coefficient (Wildman–Crippen LogP) is 2.49. The number of nitro groups is 1. The molecule has 1 aromatic carbocycles. The number of benzene rings is 1. The van der Waals surface area contributed by atoms with Crippen molar-refractivity contribution in [1.82, 2.24) is 14.5 Å². The Bertz CT molecular complexity index is 840. The fourth-order valence-electron chi connectivity index (χ4n) is 2.65. The van der Waals surface area contributed by atoms with Crippen molar-refractivity contribution in [3.63, 3.8) is 0 Å². The number of imidazole rings is 1. The fourth-order valence-corrected chi connectivity index (χ4v) is 2.65. The molecule has 0 N–H and O–H groups in total. The summed E-state index contributed by atoms with van der Waals surface area (Å²) in [4.78, 5) is 21.0. The zero-order valence-electron chi connectivity index (χ0n) is 11.0. The van der Waals surface area contributed by atoms with Crippen molar-refractivity contribution in [3.05, 3.63) is 52.7 Å². The molecular weight excluding hydrogens is 270 g/mol. The molecule has 0 spiro atoms. The highest BCUT2D eigenvalue weighted by Crippen LogP contribution is 2.32. The Labute approximate surface area is 119 Å². The first-order valence-corrected chi connectivity index (χ1v) is 6.57. The van der Waals surface area contributed by atoms with Gasteiger partial charge in [-0.05, 0) is 18.2 Å². The second-order valence-corrected chi connectivity index (χ2v) is 4.84. The summed E-state index contributed by atoms with van der Waals surface area (Å²) in [5.74, 6) is 1.51. The van der Waals surface area contributed by atoms with Gasteiger partial charge in [0.05, 0.1) is 16.0 Å². The van der Waals surface area contributed by atoms with E-state index < -0.39 is 4.92 Å². The Kier molecular flexibility index (Phi) is 2.41. The third-order valence-corrected chi connectivity index (χ3v) is 3.64. The van der Waals surface area contributed by atoms with Crippen LogP contribution >= 0.6 is 0 Å². The molecule has 21 heavy (non-hydrogen) atoms. The van der Waals surface area contributed by atoms with Crippen LogP contribution in [0, 0.1) is 10.1 Å². The van der Waals surface area contributed by atoms with E-state index in [1.807, 2.05) is 29.2 Å². The van der Waals surface area contributed by atoms with Crippen LogP contribution in [-0.2, 0) is 6.54 Å². The number of nitrogens with zero attached hydrogens (tertiary/aromatic N) is 5. The number of hydrogen-bond donors (Lipinski definition) is 0. The molecule has 104 valence electrons. The highest BCUT2D eigenvalue weighted by molar-refractivity contribution is 5.80. The minimum Gasteiger partial charge on any atom is -0.308 e. The van der Waals surface area contributed by atoms with Crippen LogP contribution in [0.15, 0.2) is 42.6 Å². The lowest BCUT2D eigenvalue weighted by atomic mass is 10.3. The van der Waals surface area contributed by atoms with Gasteiger partial charge in [0, 0.05) is 19.2 Å². The largest absolute Gasteiger partial charge is 0.308 e. The van der Waals surface area contributed by atoms with Gasteiger partial charge < -0.3 is 4.57 Å². The zero-order valence-corrected chi connectivity index (χ0v) is 11.0. The Morgan fingerprint density at radius 2 is 2.00 bits per heavy atom. The maximum absolute atomic E-state index is 10.7. The summed E-state index contributed by atoms with van der Waals surface area (Å²) in [6.45, 7) is 1.59. The van der Waals surface area contributed by atoms with Gasteiger partial charge in [0.1, 0.15) is 12.0 Å². The van der Waals surface area contributed by atoms with Gasteiger partial charge in [-0.3, -0.25) is 15.0 Å². The highest BCUT2D eigenvalue weighted by Gasteiger charge is 2.25. The van der Waals surface area contributed by atoms with Crippen LogP contribution in [0.4, 0.5) is 17.5 Å². The van der Waals surface area contributed by atoms with Crippen LogP contribution in [0.3, 0.4) is 0 Å². The van der Waals surface area contributed by atoms with E-state index in [0.717, 1.165) is 30.1 Å². The molecule has 0 saturated heterocycles. The molecule has 3 heterocycles. The SMILES string of the molecule is O=[N+]([O-])c1ccc(N2CCn3c2nc2ccccc23)nc1. The topological polar surface area (TPSA) is 77.1 Å². The van der Waals surface area contributed by atoms with E-state index in [0.29, 0.717) is 5.82 Å². The second kappa shape index (κ2) is 4.27. The van der Waals surface area contributed by atoms with Gasteiger partial charge in [0.15, 0.2) is 0 Å². The Hall–Kier alpha value is -2.96. The van der Waals surface area contributed by atoms with Crippen molar-refractivity contribution in [2.75, 3.05) is 11.4 Å². The normalized spacial score (nSPS) is 13.6. The summed E-state index contributed by atoms with van der Waals surface area (Å²) in [5.41, 5.74) is 2.03. The molecule has 0 atom stereocenters. The van der Waals surface area contributed by atoms with Crippen LogP contribution in [-0.4, -0.2) is 26.0 Å². The number of aromatic nitrogens is 3. The molecule has 0 radical (unpaired) electrons. The van der Waals surface area contributed by atoms with Gasteiger partial charge >= 0.3 is 0 Å². The van der Waals surface area contributed by atoms with Crippen LogP contribution in [0.25, 0.3) is 11.0 Å². The standard InChI is InChI=1S/C14H11N5O2/c20-19(21)10-5-6-13(15-9-10)18-8-7-17-12-4-2-1-3-11(12)16-14(17)18/h1-6,9H,7-8H2. The molecule has 4 rings (SSSR count). The van der Waals surface area contributed by atoms with Crippen molar-refractivity contribution >= 4 is 28.5 Å². The van der Waals surface area contributed by atoms with Crippen LogP contribution in [0.2, 0.25) is 0 Å². The number of pyridine rings is 1. The number of para-hydroxylation sites is 2. The molecule has 0 bridgehead atoms. The average Bonchev–Trinajstić information content (AvgIpc) is 3.06. The van der Waals surface area contributed by atoms with E-state index in [2.05, 4.69) is 14.5 Å². The van der Waals surface area contributed by atoms with Gasteiger partial charge in [0.2, 0.25) is 5.95 Å². The number of anilines is 2. The summed E-state index contributed by atoms with van der Waals surface area (Å²) in [6.07, 6.45) is 1.28. The first kappa shape index (κ1) is 11.8.